The molecule has 0 unspecified atom stereocenters. The highest BCUT2D eigenvalue weighted by molar-refractivity contribution is 6.01. The van der Waals surface area contributed by atoms with Gasteiger partial charge in [-0.2, -0.15) is 0 Å². The summed E-state index contributed by atoms with van der Waals surface area (Å²) in [5.74, 6) is -0.672. The lowest BCUT2D eigenvalue weighted by Gasteiger charge is -2.12. The van der Waals surface area contributed by atoms with Crippen LogP contribution in [0.4, 0.5) is 11.4 Å². The van der Waals surface area contributed by atoms with E-state index in [2.05, 4.69) is 10.6 Å². The van der Waals surface area contributed by atoms with Gasteiger partial charge in [-0.25, -0.2) is 0 Å². The Balaban J connectivity index is 2.50. The van der Waals surface area contributed by atoms with Crippen molar-refractivity contribution in [1.82, 2.24) is 5.32 Å². The summed E-state index contributed by atoms with van der Waals surface area (Å²) in [6.45, 7) is 1.29. The lowest BCUT2D eigenvalue weighted by Crippen LogP contribution is -2.28. The molecule has 0 radical (unpaired) electrons. The minimum atomic E-state index is -0.565. The third-order valence-electron chi connectivity index (χ3n) is 2.64. The molecule has 0 aliphatic carbocycles. The van der Waals surface area contributed by atoms with Crippen LogP contribution >= 0.6 is 0 Å². The lowest BCUT2D eigenvalue weighted by atomic mass is 10.1. The highest BCUT2D eigenvalue weighted by Gasteiger charge is 2.10. The van der Waals surface area contributed by atoms with Gasteiger partial charge < -0.3 is 26.8 Å². The number of amides is 2. The number of carbonyl (C=O) groups is 2. The van der Waals surface area contributed by atoms with E-state index in [1.165, 1.54) is 0 Å². The number of nitrogens with two attached hydrogens (primary N) is 2. The van der Waals surface area contributed by atoms with Crippen molar-refractivity contribution in [3.05, 3.63) is 23.8 Å². The highest BCUT2D eigenvalue weighted by atomic mass is 16.5. The predicted molar refractivity (Wildman–Crippen MR) is 77.4 cm³/mol. The van der Waals surface area contributed by atoms with E-state index >= 15 is 0 Å². The summed E-state index contributed by atoms with van der Waals surface area (Å²) in [4.78, 5) is 22.8. The van der Waals surface area contributed by atoms with Gasteiger partial charge in [0.15, 0.2) is 0 Å². The number of primary amides is 1. The third-order valence-corrected chi connectivity index (χ3v) is 2.64. The first-order valence-electron chi connectivity index (χ1n) is 6.24. The molecule has 20 heavy (non-hydrogen) atoms. The third kappa shape index (κ3) is 4.77. The number of carbonyl (C=O) groups excluding carboxylic acids is 2. The largest absolute Gasteiger partial charge is 0.397 e. The minimum Gasteiger partial charge on any atom is -0.397 e. The van der Waals surface area contributed by atoms with E-state index in [-0.39, 0.29) is 12.3 Å². The molecular formula is C13H20N4O3. The maximum absolute atomic E-state index is 11.5. The van der Waals surface area contributed by atoms with Crippen LogP contribution in [0.15, 0.2) is 18.2 Å². The Bertz CT molecular complexity index is 477. The molecule has 2 amide bonds. The summed E-state index contributed by atoms with van der Waals surface area (Å²) in [6.07, 6.45) is 0.260. The molecule has 0 aromatic heterocycles. The van der Waals surface area contributed by atoms with Crippen molar-refractivity contribution in [2.75, 3.05) is 37.9 Å². The molecule has 0 bridgehead atoms. The van der Waals surface area contributed by atoms with Gasteiger partial charge in [-0.15, -0.1) is 0 Å². The molecule has 110 valence electrons. The molecule has 0 spiro atoms. The van der Waals surface area contributed by atoms with E-state index in [0.717, 1.165) is 0 Å². The van der Waals surface area contributed by atoms with E-state index in [9.17, 15) is 9.59 Å². The van der Waals surface area contributed by atoms with Gasteiger partial charge in [0.25, 0.3) is 5.91 Å². The normalized spacial score (nSPS) is 10.1. The van der Waals surface area contributed by atoms with E-state index in [4.69, 9.17) is 16.2 Å². The van der Waals surface area contributed by atoms with Crippen molar-refractivity contribution in [3.8, 4) is 0 Å². The van der Waals surface area contributed by atoms with Crippen LogP contribution in [0.5, 0.6) is 0 Å². The average molecular weight is 280 g/mol. The Kier molecular flexibility index (Phi) is 6.31. The summed E-state index contributed by atoms with van der Waals surface area (Å²) in [7, 11) is 1.57. The maximum Gasteiger partial charge on any atom is 0.250 e. The van der Waals surface area contributed by atoms with Gasteiger partial charge in [-0.1, -0.05) is 6.07 Å². The van der Waals surface area contributed by atoms with Crippen molar-refractivity contribution in [1.29, 1.82) is 0 Å². The molecule has 1 aromatic carbocycles. The number of nitrogen functional groups attached to an aromatic ring is 1. The van der Waals surface area contributed by atoms with Crippen LogP contribution in [0, 0.1) is 0 Å². The molecule has 0 fully saturated rings. The fourth-order valence-electron chi connectivity index (χ4n) is 1.65. The van der Waals surface area contributed by atoms with Crippen LogP contribution in [-0.4, -0.2) is 38.6 Å². The van der Waals surface area contributed by atoms with Crippen molar-refractivity contribution >= 4 is 23.2 Å². The van der Waals surface area contributed by atoms with Gasteiger partial charge in [0.05, 0.1) is 23.5 Å². The zero-order valence-corrected chi connectivity index (χ0v) is 11.4. The van der Waals surface area contributed by atoms with E-state index in [1.807, 2.05) is 0 Å². The molecule has 0 heterocycles. The quantitative estimate of drug-likeness (QED) is 0.392. The van der Waals surface area contributed by atoms with E-state index in [0.29, 0.717) is 36.6 Å². The number of para-hydroxylation sites is 1. The van der Waals surface area contributed by atoms with Crippen LogP contribution in [0.1, 0.15) is 16.8 Å². The fourth-order valence-corrected chi connectivity index (χ4v) is 1.65. The van der Waals surface area contributed by atoms with Gasteiger partial charge in [0.2, 0.25) is 5.91 Å². The summed E-state index contributed by atoms with van der Waals surface area (Å²) in [5, 5.41) is 5.66. The summed E-state index contributed by atoms with van der Waals surface area (Å²) < 4.78 is 4.83. The Morgan fingerprint density at radius 1 is 1.30 bits per heavy atom. The van der Waals surface area contributed by atoms with Crippen LogP contribution in [0.25, 0.3) is 0 Å². The highest BCUT2D eigenvalue weighted by Crippen LogP contribution is 2.22. The van der Waals surface area contributed by atoms with E-state index < -0.39 is 5.91 Å². The summed E-state index contributed by atoms with van der Waals surface area (Å²) in [6, 6.07) is 4.89. The molecular weight excluding hydrogens is 260 g/mol. The molecule has 0 saturated carbocycles. The fraction of sp³-hybridized carbons (Fsp3) is 0.385. The van der Waals surface area contributed by atoms with Crippen LogP contribution < -0.4 is 22.1 Å². The molecule has 1 aromatic rings. The number of rotatable bonds is 8. The Labute approximate surface area is 117 Å². The zero-order chi connectivity index (χ0) is 15.0. The molecule has 6 N–H and O–H groups in total. The second kappa shape index (κ2) is 8.00. The zero-order valence-electron chi connectivity index (χ0n) is 11.4. The smallest absolute Gasteiger partial charge is 0.250 e. The summed E-state index contributed by atoms with van der Waals surface area (Å²) in [5.41, 5.74) is 12.2. The first-order chi connectivity index (χ1) is 9.56. The second-order valence-corrected chi connectivity index (χ2v) is 4.15. The van der Waals surface area contributed by atoms with Gasteiger partial charge in [-0.05, 0) is 12.1 Å². The Morgan fingerprint density at radius 2 is 2.05 bits per heavy atom. The predicted octanol–water partition coefficient (Wildman–Crippen LogP) is -0.0677. The van der Waals surface area contributed by atoms with Gasteiger partial charge in [0, 0.05) is 26.6 Å². The monoisotopic (exact) mass is 280 g/mol. The van der Waals surface area contributed by atoms with Crippen molar-refractivity contribution < 1.29 is 14.3 Å². The van der Waals surface area contributed by atoms with Gasteiger partial charge >= 0.3 is 0 Å². The average Bonchev–Trinajstić information content (AvgIpc) is 2.40. The molecule has 7 heteroatoms. The van der Waals surface area contributed by atoms with Crippen molar-refractivity contribution in [2.24, 2.45) is 5.73 Å². The molecule has 7 nitrogen and oxygen atoms in total. The maximum atomic E-state index is 11.5. The number of anilines is 2. The number of ether oxygens (including phenoxy) is 1. The molecule has 1 rings (SSSR count). The first-order valence-corrected chi connectivity index (χ1v) is 6.24. The number of benzene rings is 1. The molecule has 0 atom stereocenters. The second-order valence-electron chi connectivity index (χ2n) is 4.15. The molecule has 0 aliphatic heterocycles. The lowest BCUT2D eigenvalue weighted by molar-refractivity contribution is -0.121. The van der Waals surface area contributed by atoms with E-state index in [1.54, 1.807) is 25.3 Å². The standard InChI is InChI=1S/C13H20N4O3/c1-20-8-7-16-11(18)5-6-17-12-9(13(15)19)3-2-4-10(12)14/h2-4,17H,5-8,14H2,1H3,(H2,15,19)(H,16,18). The Hall–Kier alpha value is -2.28. The van der Waals surface area contributed by atoms with Crippen molar-refractivity contribution in [3.63, 3.8) is 0 Å². The molecule has 0 saturated heterocycles. The number of nitrogens with one attached hydrogen (secondary N) is 2. The van der Waals surface area contributed by atoms with Crippen LogP contribution in [0.2, 0.25) is 0 Å². The van der Waals surface area contributed by atoms with Gasteiger partial charge in [0.1, 0.15) is 0 Å². The number of hydrogen-bond acceptors (Lipinski definition) is 5. The van der Waals surface area contributed by atoms with Gasteiger partial charge in [-0.3, -0.25) is 9.59 Å². The van der Waals surface area contributed by atoms with Crippen LogP contribution in [-0.2, 0) is 9.53 Å². The van der Waals surface area contributed by atoms with Crippen molar-refractivity contribution in [2.45, 2.75) is 6.42 Å². The number of hydrogen-bond donors (Lipinski definition) is 4. The van der Waals surface area contributed by atoms with Crippen LogP contribution in [0.3, 0.4) is 0 Å². The Morgan fingerprint density at radius 3 is 2.70 bits per heavy atom. The SMILES string of the molecule is COCCNC(=O)CCNc1c(N)cccc1C(N)=O. The number of methoxy groups -OCH3 is 1. The molecule has 0 aliphatic rings. The topological polar surface area (TPSA) is 119 Å². The first kappa shape index (κ1) is 15.8. The minimum absolute atomic E-state index is 0.107. The summed E-state index contributed by atoms with van der Waals surface area (Å²) >= 11 is 0.